The van der Waals surface area contributed by atoms with Crippen molar-refractivity contribution >= 4 is 30.7 Å². The average molecular weight is 321 g/mol. The maximum absolute atomic E-state index is 11.0. The molecular weight excluding hydrogens is 305 g/mol. The largest absolute Gasteiger partial charge is 0.340 e. The van der Waals surface area contributed by atoms with Gasteiger partial charge < -0.3 is 14.7 Å². The molecule has 0 spiro atoms. The standard InChI is InChI=1S/C15H16NO3PS/c17-20(18,19)11-5-10-16-12-6-1-3-8-14(12)21-15-9-4-2-7-13(15)16/h1-4,6-9H,5,10-11H2,(H2,17,18,19). The van der Waals surface area contributed by atoms with E-state index in [0.717, 1.165) is 11.4 Å². The summed E-state index contributed by atoms with van der Waals surface area (Å²) in [6.45, 7) is 0.597. The zero-order chi connectivity index (χ0) is 14.9. The highest BCUT2D eigenvalue weighted by Crippen LogP contribution is 2.48. The van der Waals surface area contributed by atoms with E-state index in [1.165, 1.54) is 9.79 Å². The Morgan fingerprint density at radius 2 is 1.48 bits per heavy atom. The molecule has 0 atom stereocenters. The molecule has 2 aromatic rings. The van der Waals surface area contributed by atoms with E-state index in [2.05, 4.69) is 29.2 Å². The Morgan fingerprint density at radius 1 is 0.952 bits per heavy atom. The van der Waals surface area contributed by atoms with E-state index in [1.807, 2.05) is 24.3 Å². The summed E-state index contributed by atoms with van der Waals surface area (Å²) in [5.41, 5.74) is 2.21. The molecule has 0 bridgehead atoms. The lowest BCUT2D eigenvalue weighted by atomic mass is 10.2. The molecule has 0 fully saturated rings. The van der Waals surface area contributed by atoms with Crippen molar-refractivity contribution in [1.29, 1.82) is 0 Å². The van der Waals surface area contributed by atoms with Crippen molar-refractivity contribution in [1.82, 2.24) is 0 Å². The van der Waals surface area contributed by atoms with Crippen LogP contribution < -0.4 is 4.90 Å². The van der Waals surface area contributed by atoms with Crippen LogP contribution in [0.4, 0.5) is 11.4 Å². The Bertz CT molecular complexity index is 655. The molecule has 4 nitrogen and oxygen atoms in total. The van der Waals surface area contributed by atoms with Crippen LogP contribution in [0.3, 0.4) is 0 Å². The molecule has 0 aliphatic carbocycles. The van der Waals surface area contributed by atoms with Crippen molar-refractivity contribution < 1.29 is 14.4 Å². The summed E-state index contributed by atoms with van der Waals surface area (Å²) in [6.07, 6.45) is 0.374. The van der Waals surface area contributed by atoms with Gasteiger partial charge in [0, 0.05) is 16.3 Å². The molecule has 0 saturated carbocycles. The average Bonchev–Trinajstić information content (AvgIpc) is 2.45. The highest BCUT2D eigenvalue weighted by Gasteiger charge is 2.23. The van der Waals surface area contributed by atoms with Gasteiger partial charge in [-0.3, -0.25) is 4.57 Å². The molecule has 1 heterocycles. The van der Waals surface area contributed by atoms with Crippen molar-refractivity contribution in [2.45, 2.75) is 16.2 Å². The van der Waals surface area contributed by atoms with Gasteiger partial charge in [-0.05, 0) is 30.7 Å². The second-order valence-corrected chi connectivity index (χ2v) is 7.79. The second-order valence-electron chi connectivity index (χ2n) is 4.93. The third-order valence-electron chi connectivity index (χ3n) is 3.36. The highest BCUT2D eigenvalue weighted by molar-refractivity contribution is 7.99. The molecule has 1 aliphatic rings. The topological polar surface area (TPSA) is 60.8 Å². The number of benzene rings is 2. The first-order chi connectivity index (χ1) is 10.0. The fourth-order valence-electron chi connectivity index (χ4n) is 2.46. The molecule has 0 unspecified atom stereocenters. The van der Waals surface area contributed by atoms with Crippen LogP contribution in [0, 0.1) is 0 Å². The first-order valence-electron chi connectivity index (χ1n) is 6.73. The Balaban J connectivity index is 1.90. The number of fused-ring (bicyclic) bond motifs is 2. The van der Waals surface area contributed by atoms with Crippen LogP contribution in [-0.2, 0) is 4.57 Å². The Morgan fingerprint density at radius 3 is 2.00 bits per heavy atom. The third kappa shape index (κ3) is 3.33. The second kappa shape index (κ2) is 5.85. The maximum Gasteiger partial charge on any atom is 0.325 e. The van der Waals surface area contributed by atoms with E-state index in [4.69, 9.17) is 9.79 Å². The van der Waals surface area contributed by atoms with Gasteiger partial charge >= 0.3 is 7.60 Å². The number of rotatable bonds is 4. The third-order valence-corrected chi connectivity index (χ3v) is 5.39. The van der Waals surface area contributed by atoms with E-state index in [1.54, 1.807) is 11.8 Å². The minimum absolute atomic E-state index is 0.0824. The van der Waals surface area contributed by atoms with Crippen LogP contribution >= 0.6 is 19.4 Å². The van der Waals surface area contributed by atoms with Gasteiger partial charge in [0.25, 0.3) is 0 Å². The Labute approximate surface area is 128 Å². The molecule has 0 saturated heterocycles. The molecule has 6 heteroatoms. The predicted octanol–water partition coefficient (Wildman–Crippen LogP) is 3.86. The van der Waals surface area contributed by atoms with Gasteiger partial charge in [0.1, 0.15) is 0 Å². The summed E-state index contributed by atoms with van der Waals surface area (Å²) in [7, 11) is -3.93. The van der Waals surface area contributed by atoms with E-state index in [-0.39, 0.29) is 6.16 Å². The molecular formula is C15H16NO3PS. The quantitative estimate of drug-likeness (QED) is 0.838. The van der Waals surface area contributed by atoms with Gasteiger partial charge in [-0.15, -0.1) is 0 Å². The van der Waals surface area contributed by atoms with Crippen LogP contribution in [0.1, 0.15) is 6.42 Å². The lowest BCUT2D eigenvalue weighted by Crippen LogP contribution is -2.22. The van der Waals surface area contributed by atoms with Gasteiger partial charge in [-0.1, -0.05) is 36.0 Å². The smallest absolute Gasteiger partial charge is 0.325 e. The molecule has 0 aromatic heterocycles. The molecule has 3 rings (SSSR count). The molecule has 2 aromatic carbocycles. The summed E-state index contributed by atoms with van der Waals surface area (Å²) < 4.78 is 11.0. The van der Waals surface area contributed by atoms with E-state index in [0.29, 0.717) is 13.0 Å². The van der Waals surface area contributed by atoms with Crippen LogP contribution in [0.25, 0.3) is 0 Å². The fraction of sp³-hybridized carbons (Fsp3) is 0.200. The predicted molar refractivity (Wildman–Crippen MR) is 85.5 cm³/mol. The molecule has 0 radical (unpaired) electrons. The number of para-hydroxylation sites is 2. The Kier molecular flexibility index (Phi) is 4.09. The van der Waals surface area contributed by atoms with Crippen molar-refractivity contribution in [3.63, 3.8) is 0 Å². The zero-order valence-corrected chi connectivity index (χ0v) is 13.1. The maximum atomic E-state index is 11.0. The van der Waals surface area contributed by atoms with Gasteiger partial charge in [0.05, 0.1) is 17.5 Å². The zero-order valence-electron chi connectivity index (χ0n) is 11.3. The van der Waals surface area contributed by atoms with Gasteiger partial charge in [-0.25, -0.2) is 0 Å². The first kappa shape index (κ1) is 14.7. The fourth-order valence-corrected chi connectivity index (χ4v) is 4.11. The SMILES string of the molecule is O=P(O)(O)CCCN1c2ccccc2Sc2ccccc21. The normalized spacial score (nSPS) is 13.7. The van der Waals surface area contributed by atoms with Crippen LogP contribution in [-0.4, -0.2) is 22.5 Å². The van der Waals surface area contributed by atoms with Crippen molar-refractivity contribution in [2.24, 2.45) is 0 Å². The van der Waals surface area contributed by atoms with Crippen LogP contribution in [0.2, 0.25) is 0 Å². The number of nitrogens with zero attached hydrogens (tertiary/aromatic N) is 1. The van der Waals surface area contributed by atoms with Gasteiger partial charge in [0.15, 0.2) is 0 Å². The van der Waals surface area contributed by atoms with Crippen LogP contribution in [0.15, 0.2) is 58.3 Å². The summed E-state index contributed by atoms with van der Waals surface area (Å²) in [4.78, 5) is 22.5. The van der Waals surface area contributed by atoms with E-state index < -0.39 is 7.60 Å². The minimum Gasteiger partial charge on any atom is -0.340 e. The van der Waals surface area contributed by atoms with Crippen molar-refractivity contribution in [3.8, 4) is 0 Å². The molecule has 2 N–H and O–H groups in total. The minimum atomic E-state index is -3.93. The first-order valence-corrected chi connectivity index (χ1v) is 9.34. The molecule has 1 aliphatic heterocycles. The number of hydrogen-bond acceptors (Lipinski definition) is 3. The Hall–Kier alpha value is -1.26. The summed E-state index contributed by atoms with van der Waals surface area (Å²) >= 11 is 1.73. The lowest BCUT2D eigenvalue weighted by molar-refractivity contribution is 0.372. The van der Waals surface area contributed by atoms with E-state index >= 15 is 0 Å². The highest BCUT2D eigenvalue weighted by atomic mass is 32.2. The molecule has 0 amide bonds. The van der Waals surface area contributed by atoms with Crippen LogP contribution in [0.5, 0.6) is 0 Å². The van der Waals surface area contributed by atoms with Crippen molar-refractivity contribution in [3.05, 3.63) is 48.5 Å². The van der Waals surface area contributed by atoms with Gasteiger partial charge in [0.2, 0.25) is 0 Å². The van der Waals surface area contributed by atoms with Gasteiger partial charge in [-0.2, -0.15) is 0 Å². The van der Waals surface area contributed by atoms with E-state index in [9.17, 15) is 4.57 Å². The monoisotopic (exact) mass is 321 g/mol. The lowest BCUT2D eigenvalue weighted by Gasteiger charge is -2.32. The summed E-state index contributed by atoms with van der Waals surface area (Å²) in [5, 5.41) is 0. The number of hydrogen-bond donors (Lipinski definition) is 2. The summed E-state index contributed by atoms with van der Waals surface area (Å²) in [6, 6.07) is 16.2. The molecule has 21 heavy (non-hydrogen) atoms. The molecule has 110 valence electrons. The number of anilines is 2. The summed E-state index contributed by atoms with van der Waals surface area (Å²) in [5.74, 6) is 0. The van der Waals surface area contributed by atoms with Crippen molar-refractivity contribution in [2.75, 3.05) is 17.6 Å².